The molecule has 1 fully saturated rings. The van der Waals surface area contributed by atoms with E-state index < -0.39 is 5.97 Å². The molecule has 25 heavy (non-hydrogen) atoms. The van der Waals surface area contributed by atoms with Gasteiger partial charge in [-0.1, -0.05) is 48.9 Å². The van der Waals surface area contributed by atoms with Gasteiger partial charge in [-0.25, -0.2) is 4.79 Å². The standard InChI is InChI=1S/C21H23NO3/c23-19(13-16-7-9-18(10-8-16)20(24)25)22-15-21(11-4-12-21)14-17-5-2-1-3-6-17/h1-3,5-10H,4,11-15H2,(H,22,23)(H,24,25). The van der Waals surface area contributed by atoms with Gasteiger partial charge in [0.05, 0.1) is 12.0 Å². The highest BCUT2D eigenvalue weighted by Crippen LogP contribution is 2.43. The number of carbonyl (C=O) groups is 2. The number of carboxylic acids is 1. The average Bonchev–Trinajstić information content (AvgIpc) is 2.58. The molecule has 130 valence electrons. The number of nitrogens with one attached hydrogen (secondary N) is 1. The highest BCUT2D eigenvalue weighted by molar-refractivity contribution is 5.87. The van der Waals surface area contributed by atoms with E-state index in [1.54, 1.807) is 12.1 Å². The van der Waals surface area contributed by atoms with Gasteiger partial charge in [0.2, 0.25) is 5.91 Å². The van der Waals surface area contributed by atoms with Gasteiger partial charge in [-0.05, 0) is 47.9 Å². The molecule has 0 aliphatic heterocycles. The molecule has 0 aromatic heterocycles. The third-order valence-electron chi connectivity index (χ3n) is 5.06. The number of aromatic carboxylic acids is 1. The van der Waals surface area contributed by atoms with Crippen LogP contribution in [0.15, 0.2) is 54.6 Å². The highest BCUT2D eigenvalue weighted by Gasteiger charge is 2.37. The predicted octanol–water partition coefficient (Wildman–Crippen LogP) is 3.46. The fourth-order valence-electron chi connectivity index (χ4n) is 3.42. The van der Waals surface area contributed by atoms with Gasteiger partial charge < -0.3 is 10.4 Å². The average molecular weight is 337 g/mol. The van der Waals surface area contributed by atoms with E-state index in [0.717, 1.165) is 24.8 Å². The number of carbonyl (C=O) groups excluding carboxylic acids is 1. The molecule has 1 aliphatic carbocycles. The fraction of sp³-hybridized carbons (Fsp3) is 0.333. The molecule has 0 heterocycles. The van der Waals surface area contributed by atoms with Crippen molar-refractivity contribution in [3.05, 3.63) is 71.3 Å². The van der Waals surface area contributed by atoms with Gasteiger partial charge in [-0.3, -0.25) is 4.79 Å². The third kappa shape index (κ3) is 4.47. The van der Waals surface area contributed by atoms with Crippen LogP contribution in [0, 0.1) is 5.41 Å². The summed E-state index contributed by atoms with van der Waals surface area (Å²) in [7, 11) is 0. The molecule has 0 radical (unpaired) electrons. The summed E-state index contributed by atoms with van der Waals surface area (Å²) in [5.41, 5.74) is 2.57. The van der Waals surface area contributed by atoms with E-state index in [1.807, 2.05) is 6.07 Å². The van der Waals surface area contributed by atoms with E-state index in [2.05, 4.69) is 29.6 Å². The van der Waals surface area contributed by atoms with Crippen LogP contribution in [0.5, 0.6) is 0 Å². The summed E-state index contributed by atoms with van der Waals surface area (Å²) in [6.45, 7) is 0.702. The van der Waals surface area contributed by atoms with Crippen LogP contribution in [-0.4, -0.2) is 23.5 Å². The van der Waals surface area contributed by atoms with Crippen molar-refractivity contribution in [2.75, 3.05) is 6.54 Å². The molecule has 4 heteroatoms. The van der Waals surface area contributed by atoms with Gasteiger partial charge in [0.1, 0.15) is 0 Å². The summed E-state index contributed by atoms with van der Waals surface area (Å²) in [6, 6.07) is 16.9. The minimum atomic E-state index is -0.955. The lowest BCUT2D eigenvalue weighted by molar-refractivity contribution is -0.121. The smallest absolute Gasteiger partial charge is 0.335 e. The molecule has 1 saturated carbocycles. The van der Waals surface area contributed by atoms with E-state index in [4.69, 9.17) is 5.11 Å². The maximum Gasteiger partial charge on any atom is 0.335 e. The van der Waals surface area contributed by atoms with Gasteiger partial charge in [-0.2, -0.15) is 0 Å². The summed E-state index contributed by atoms with van der Waals surface area (Å²) in [5, 5.41) is 12.0. The Morgan fingerprint density at radius 1 is 0.960 bits per heavy atom. The lowest BCUT2D eigenvalue weighted by atomic mass is 9.65. The Morgan fingerprint density at radius 2 is 1.64 bits per heavy atom. The van der Waals surface area contributed by atoms with Crippen molar-refractivity contribution in [3.63, 3.8) is 0 Å². The Balaban J connectivity index is 1.53. The van der Waals surface area contributed by atoms with Crippen LogP contribution in [0.25, 0.3) is 0 Å². The van der Waals surface area contributed by atoms with Crippen LogP contribution in [0.4, 0.5) is 0 Å². The zero-order chi connectivity index (χ0) is 17.7. The van der Waals surface area contributed by atoms with Gasteiger partial charge in [-0.15, -0.1) is 0 Å². The van der Waals surface area contributed by atoms with E-state index in [-0.39, 0.29) is 23.3 Å². The molecule has 1 amide bonds. The fourth-order valence-corrected chi connectivity index (χ4v) is 3.42. The Bertz CT molecular complexity index is 733. The summed E-state index contributed by atoms with van der Waals surface area (Å²) in [4.78, 5) is 23.1. The summed E-state index contributed by atoms with van der Waals surface area (Å²) in [6.07, 6.45) is 4.80. The van der Waals surface area contributed by atoms with Crippen molar-refractivity contribution >= 4 is 11.9 Å². The molecular formula is C21H23NO3. The molecule has 0 unspecified atom stereocenters. The number of rotatable bonds is 7. The zero-order valence-corrected chi connectivity index (χ0v) is 14.2. The normalized spacial score (nSPS) is 15.2. The first kappa shape index (κ1) is 17.2. The lowest BCUT2D eigenvalue weighted by Crippen LogP contribution is -2.44. The van der Waals surface area contributed by atoms with E-state index in [1.165, 1.54) is 24.1 Å². The topological polar surface area (TPSA) is 66.4 Å². The molecule has 0 bridgehead atoms. The Morgan fingerprint density at radius 3 is 2.20 bits per heavy atom. The quantitative estimate of drug-likeness (QED) is 0.813. The first-order valence-corrected chi connectivity index (χ1v) is 8.69. The highest BCUT2D eigenvalue weighted by atomic mass is 16.4. The third-order valence-corrected chi connectivity index (χ3v) is 5.06. The summed E-state index contributed by atoms with van der Waals surface area (Å²) >= 11 is 0. The first-order chi connectivity index (χ1) is 12.1. The number of amides is 1. The molecule has 4 nitrogen and oxygen atoms in total. The first-order valence-electron chi connectivity index (χ1n) is 8.69. The van der Waals surface area contributed by atoms with Crippen LogP contribution in [0.3, 0.4) is 0 Å². The molecule has 2 aromatic rings. The molecule has 0 atom stereocenters. The molecule has 3 rings (SSSR count). The Hall–Kier alpha value is -2.62. The largest absolute Gasteiger partial charge is 0.478 e. The van der Waals surface area contributed by atoms with E-state index >= 15 is 0 Å². The number of carboxylic acid groups (broad SMARTS) is 1. The zero-order valence-electron chi connectivity index (χ0n) is 14.2. The molecule has 0 saturated heterocycles. The minimum absolute atomic E-state index is 0.0117. The molecular weight excluding hydrogens is 314 g/mol. The lowest BCUT2D eigenvalue weighted by Gasteiger charge is -2.42. The summed E-state index contributed by atoms with van der Waals surface area (Å²) < 4.78 is 0. The van der Waals surface area contributed by atoms with Crippen LogP contribution in [-0.2, 0) is 17.6 Å². The second-order valence-corrected chi connectivity index (χ2v) is 6.97. The minimum Gasteiger partial charge on any atom is -0.478 e. The second-order valence-electron chi connectivity index (χ2n) is 6.97. The SMILES string of the molecule is O=C(Cc1ccc(C(=O)O)cc1)NCC1(Cc2ccccc2)CCC1. The monoisotopic (exact) mass is 337 g/mol. The van der Waals surface area contributed by atoms with Gasteiger partial charge in [0, 0.05) is 6.54 Å². The maximum atomic E-state index is 12.2. The van der Waals surface area contributed by atoms with Gasteiger partial charge in [0.25, 0.3) is 0 Å². The Labute approximate surface area is 147 Å². The molecule has 2 aromatic carbocycles. The van der Waals surface area contributed by atoms with Crippen molar-refractivity contribution in [1.82, 2.24) is 5.32 Å². The maximum absolute atomic E-state index is 12.2. The molecule has 1 aliphatic rings. The number of benzene rings is 2. The van der Waals surface area contributed by atoms with E-state index in [9.17, 15) is 9.59 Å². The van der Waals surface area contributed by atoms with Gasteiger partial charge in [0.15, 0.2) is 0 Å². The van der Waals surface area contributed by atoms with Crippen LogP contribution in [0.1, 0.15) is 40.7 Å². The predicted molar refractivity (Wildman–Crippen MR) is 96.5 cm³/mol. The van der Waals surface area contributed by atoms with Crippen LogP contribution < -0.4 is 5.32 Å². The molecule has 2 N–H and O–H groups in total. The van der Waals surface area contributed by atoms with Crippen LogP contribution >= 0.6 is 0 Å². The van der Waals surface area contributed by atoms with Crippen LogP contribution in [0.2, 0.25) is 0 Å². The van der Waals surface area contributed by atoms with Crippen molar-refractivity contribution in [2.45, 2.75) is 32.1 Å². The number of hydrogen-bond acceptors (Lipinski definition) is 2. The number of hydrogen-bond donors (Lipinski definition) is 2. The summed E-state index contributed by atoms with van der Waals surface area (Å²) in [5.74, 6) is -0.966. The van der Waals surface area contributed by atoms with Crippen molar-refractivity contribution in [2.24, 2.45) is 5.41 Å². The van der Waals surface area contributed by atoms with E-state index in [0.29, 0.717) is 6.54 Å². The van der Waals surface area contributed by atoms with Crippen molar-refractivity contribution in [1.29, 1.82) is 0 Å². The second kappa shape index (κ2) is 7.51. The Kier molecular flexibility index (Phi) is 5.17. The van der Waals surface area contributed by atoms with Gasteiger partial charge >= 0.3 is 5.97 Å². The molecule has 0 spiro atoms. The van der Waals surface area contributed by atoms with Crippen molar-refractivity contribution < 1.29 is 14.7 Å². The van der Waals surface area contributed by atoms with Crippen molar-refractivity contribution in [3.8, 4) is 0 Å².